The van der Waals surface area contributed by atoms with E-state index in [0.717, 1.165) is 40.4 Å². The second-order valence-electron chi connectivity index (χ2n) is 6.44. The van der Waals surface area contributed by atoms with E-state index in [9.17, 15) is 8.63 Å². The van der Waals surface area contributed by atoms with Crippen LogP contribution in [0.2, 0.25) is 0 Å². The molecule has 1 aliphatic carbocycles. The van der Waals surface area contributed by atoms with Crippen LogP contribution in [0.4, 0.5) is 8.63 Å². The summed E-state index contributed by atoms with van der Waals surface area (Å²) in [5.41, 5.74) is 3.29. The summed E-state index contributed by atoms with van der Waals surface area (Å²) in [7, 11) is -0.940. The van der Waals surface area contributed by atoms with Gasteiger partial charge in [0.2, 0.25) is 0 Å². The molecular formula is C20H19BF2N2OS. The Labute approximate surface area is 161 Å². The lowest BCUT2D eigenvalue weighted by Gasteiger charge is -2.28. The van der Waals surface area contributed by atoms with Crippen molar-refractivity contribution in [1.82, 2.24) is 9.79 Å². The molecule has 4 rings (SSSR count). The molecule has 1 atom stereocenters. The first-order valence-electron chi connectivity index (χ1n) is 8.78. The second-order valence-corrected chi connectivity index (χ2v) is 7.39. The highest BCUT2D eigenvalue weighted by molar-refractivity contribution is 7.13. The molecular weight excluding hydrogens is 365 g/mol. The fourth-order valence-corrected chi connectivity index (χ4v) is 4.18. The summed E-state index contributed by atoms with van der Waals surface area (Å²) in [5.74, 6) is 0.882. The van der Waals surface area contributed by atoms with E-state index in [1.807, 2.05) is 47.9 Å². The molecule has 0 bridgehead atoms. The zero-order valence-electron chi connectivity index (χ0n) is 14.9. The third-order valence-electron chi connectivity index (χ3n) is 4.84. The third kappa shape index (κ3) is 3.64. The molecule has 3 heterocycles. The van der Waals surface area contributed by atoms with Crippen molar-refractivity contribution in [3.8, 4) is 10.6 Å². The monoisotopic (exact) mass is 384 g/mol. The van der Waals surface area contributed by atoms with Crippen molar-refractivity contribution >= 4 is 24.8 Å². The van der Waals surface area contributed by atoms with E-state index >= 15 is 0 Å². The number of nitrogens with one attached hydrogen (secondary N) is 1. The summed E-state index contributed by atoms with van der Waals surface area (Å²) in [5, 5.41) is 2.01. The molecule has 0 fully saturated rings. The van der Waals surface area contributed by atoms with Gasteiger partial charge in [0.15, 0.2) is 0 Å². The number of H-pyrrole nitrogens is 1. The Hall–Kier alpha value is -2.54. The zero-order valence-corrected chi connectivity index (χ0v) is 15.7. The van der Waals surface area contributed by atoms with Crippen molar-refractivity contribution in [3.63, 3.8) is 0 Å². The van der Waals surface area contributed by atoms with Gasteiger partial charge >= 0.3 is 7.40 Å². The van der Waals surface area contributed by atoms with E-state index in [0.29, 0.717) is 5.70 Å². The Morgan fingerprint density at radius 1 is 1.26 bits per heavy atom. The van der Waals surface area contributed by atoms with Gasteiger partial charge in [-0.3, -0.25) is 8.63 Å². The zero-order chi connectivity index (χ0) is 18.8. The number of methoxy groups -OCH3 is 1. The van der Waals surface area contributed by atoms with Crippen molar-refractivity contribution in [2.75, 3.05) is 7.11 Å². The molecule has 2 aliphatic rings. The first kappa shape index (κ1) is 17.9. The largest absolute Gasteiger partial charge is 0.674 e. The molecule has 3 nitrogen and oxygen atoms in total. The predicted molar refractivity (Wildman–Crippen MR) is 107 cm³/mol. The van der Waals surface area contributed by atoms with Gasteiger partial charge in [-0.25, -0.2) is 0 Å². The molecule has 0 amide bonds. The van der Waals surface area contributed by atoms with Crippen LogP contribution >= 0.6 is 11.3 Å². The van der Waals surface area contributed by atoms with Crippen LogP contribution in [0, 0.1) is 0 Å². The van der Waals surface area contributed by atoms with Crippen LogP contribution in [0.1, 0.15) is 18.5 Å². The van der Waals surface area contributed by atoms with Gasteiger partial charge in [0.1, 0.15) is 0 Å². The number of ether oxygens (including phenoxy) is 1. The third-order valence-corrected chi connectivity index (χ3v) is 5.74. The van der Waals surface area contributed by atoms with E-state index in [2.05, 4.69) is 4.98 Å². The lowest BCUT2D eigenvalue weighted by Crippen LogP contribution is -2.38. The lowest BCUT2D eigenvalue weighted by atomic mass is 9.94. The van der Waals surface area contributed by atoms with Crippen molar-refractivity contribution in [2.24, 2.45) is 0 Å². The van der Waals surface area contributed by atoms with E-state index in [-0.39, 0.29) is 0 Å². The van der Waals surface area contributed by atoms with Crippen molar-refractivity contribution in [3.05, 3.63) is 76.7 Å². The molecule has 0 saturated heterocycles. The second kappa shape index (κ2) is 7.60. The minimum atomic E-state index is -2.57. The van der Waals surface area contributed by atoms with Gasteiger partial charge in [-0.2, -0.15) is 0 Å². The molecule has 138 valence electrons. The maximum Gasteiger partial charge on any atom is 0.674 e. The van der Waals surface area contributed by atoms with E-state index in [1.54, 1.807) is 30.6 Å². The molecule has 1 unspecified atom stereocenters. The molecule has 0 radical (unpaired) electrons. The molecule has 2 aromatic heterocycles. The maximum atomic E-state index is 13.8. The summed E-state index contributed by atoms with van der Waals surface area (Å²) in [6.07, 6.45) is 10.6. The Morgan fingerprint density at radius 3 is 2.81 bits per heavy atom. The Balaban J connectivity index is 1.59. The van der Waals surface area contributed by atoms with Gasteiger partial charge in [-0.15, -0.1) is 11.3 Å². The molecule has 27 heavy (non-hydrogen) atoms. The van der Waals surface area contributed by atoms with Gasteiger partial charge < -0.3 is 14.5 Å². The number of hydrogen-bond acceptors (Lipinski definition) is 3. The summed E-state index contributed by atoms with van der Waals surface area (Å²) in [4.78, 5) is 5.59. The number of rotatable bonds is 5. The van der Waals surface area contributed by atoms with Crippen molar-refractivity contribution < 1.29 is 13.4 Å². The minimum Gasteiger partial charge on any atom is -0.501 e. The van der Waals surface area contributed by atoms with Crippen LogP contribution in [0.15, 0.2) is 71.0 Å². The number of hydrogen-bond donors (Lipinski definition) is 1. The van der Waals surface area contributed by atoms with Crippen LogP contribution in [-0.2, 0) is 4.74 Å². The summed E-state index contributed by atoms with van der Waals surface area (Å²) in [6.45, 7) is 0. The fraction of sp³-hybridized carbons (Fsp3) is 0.200. The van der Waals surface area contributed by atoms with E-state index in [4.69, 9.17) is 4.74 Å². The molecule has 1 N–H and O–H groups in total. The molecule has 1 aliphatic heterocycles. The normalized spacial score (nSPS) is 20.8. The molecule has 0 saturated carbocycles. The summed E-state index contributed by atoms with van der Waals surface area (Å²) in [6, 6.07) is 7.49. The maximum absolute atomic E-state index is 13.8. The molecule has 2 aromatic rings. The highest BCUT2D eigenvalue weighted by Crippen LogP contribution is 2.33. The lowest BCUT2D eigenvalue weighted by molar-refractivity contribution is 0.274. The fourth-order valence-electron chi connectivity index (χ4n) is 3.47. The van der Waals surface area contributed by atoms with Gasteiger partial charge in [-0.1, -0.05) is 18.2 Å². The SMILES string of the molecule is COC1=CC=C(C2C=C/C(=C/c3ccc(-c4cccs4)[nH]3)N2B(F)F)CC1. The van der Waals surface area contributed by atoms with E-state index in [1.165, 1.54) is 4.81 Å². The van der Waals surface area contributed by atoms with Crippen molar-refractivity contribution in [1.29, 1.82) is 0 Å². The van der Waals surface area contributed by atoms with Crippen LogP contribution < -0.4 is 0 Å². The number of halogens is 2. The first-order valence-corrected chi connectivity index (χ1v) is 9.66. The number of nitrogens with zero attached hydrogens (tertiary/aromatic N) is 1. The standard InChI is InChI=1S/C20H19BF2N2OS/c1-26-17-8-4-14(5-9-17)19-11-7-16(25(19)21(22)23)13-15-6-10-18(24-15)20-3-2-12-27-20/h2-4,6-8,10-13,19,24H,5,9H2,1H3/b16-13-. The Kier molecular flexibility index (Phi) is 5.03. The molecule has 0 aromatic carbocycles. The van der Waals surface area contributed by atoms with E-state index < -0.39 is 13.4 Å². The summed E-state index contributed by atoms with van der Waals surface area (Å²) >= 11 is 1.64. The number of aromatic nitrogens is 1. The van der Waals surface area contributed by atoms with Crippen LogP contribution in [0.25, 0.3) is 16.6 Å². The van der Waals surface area contributed by atoms with Gasteiger partial charge in [0.25, 0.3) is 0 Å². The number of aromatic amines is 1. The molecule has 7 heteroatoms. The first-order chi connectivity index (χ1) is 13.2. The smallest absolute Gasteiger partial charge is 0.501 e. The molecule has 0 spiro atoms. The average Bonchev–Trinajstić information content (AvgIpc) is 3.42. The minimum absolute atomic E-state index is 0.419. The summed E-state index contributed by atoms with van der Waals surface area (Å²) < 4.78 is 32.9. The predicted octanol–water partition coefficient (Wildman–Crippen LogP) is 5.50. The highest BCUT2D eigenvalue weighted by atomic mass is 32.1. The van der Waals surface area contributed by atoms with Crippen LogP contribution in [0.5, 0.6) is 0 Å². The highest BCUT2D eigenvalue weighted by Gasteiger charge is 2.37. The van der Waals surface area contributed by atoms with Gasteiger partial charge in [0.05, 0.1) is 29.5 Å². The topological polar surface area (TPSA) is 28.3 Å². The number of thiophene rings is 1. The quantitative estimate of drug-likeness (QED) is 0.690. The van der Waals surface area contributed by atoms with Gasteiger partial charge in [-0.05, 0) is 53.8 Å². The van der Waals surface area contributed by atoms with Crippen molar-refractivity contribution in [2.45, 2.75) is 18.9 Å². The van der Waals surface area contributed by atoms with Crippen LogP contribution in [0.3, 0.4) is 0 Å². The number of allylic oxidation sites excluding steroid dienone is 4. The van der Waals surface area contributed by atoms with Crippen LogP contribution in [-0.4, -0.2) is 30.3 Å². The Bertz CT molecular complexity index is 928. The Morgan fingerprint density at radius 2 is 2.15 bits per heavy atom. The average molecular weight is 384 g/mol. The van der Waals surface area contributed by atoms with Gasteiger partial charge in [0, 0.05) is 17.8 Å².